The first kappa shape index (κ1) is 26.1. The monoisotopic (exact) mass is 542 g/mol. The van der Waals surface area contributed by atoms with Gasteiger partial charge in [-0.2, -0.15) is 0 Å². The van der Waals surface area contributed by atoms with Gasteiger partial charge in [-0.15, -0.1) is 0 Å². The van der Waals surface area contributed by atoms with Crippen LogP contribution in [0.15, 0.2) is 65.5 Å². The molecule has 1 aliphatic heterocycles. The molecule has 208 valence electrons. The number of hydrogen-bond acceptors (Lipinski definition) is 6. The second-order valence-electron chi connectivity index (χ2n) is 10.8. The molecule has 1 atom stereocenters. The highest BCUT2D eigenvalue weighted by atomic mass is 16.5. The molecule has 2 aliphatic rings. The Morgan fingerprint density at radius 2 is 1.88 bits per heavy atom. The smallest absolute Gasteiger partial charge is 0.341 e. The molecule has 40 heavy (non-hydrogen) atoms. The van der Waals surface area contributed by atoms with E-state index < -0.39 is 5.97 Å². The summed E-state index contributed by atoms with van der Waals surface area (Å²) in [5.74, 6) is 0.365. The number of furan rings is 1. The van der Waals surface area contributed by atoms with Crippen LogP contribution in [0.5, 0.6) is 5.75 Å². The van der Waals surface area contributed by atoms with Crippen LogP contribution in [0.4, 0.5) is 0 Å². The normalized spacial score (nSPS) is 18.2. The number of aromatic nitrogens is 2. The zero-order chi connectivity index (χ0) is 27.5. The molecule has 4 aromatic rings. The second kappa shape index (κ2) is 11.6. The minimum Gasteiger partial charge on any atom is -0.482 e. The average molecular weight is 543 g/mol. The van der Waals surface area contributed by atoms with Gasteiger partial charge >= 0.3 is 5.97 Å². The molecule has 0 radical (unpaired) electrons. The number of aliphatic carboxylic acids is 1. The number of hydrogen-bond donors (Lipinski definition) is 2. The number of carboxylic acids is 1. The number of nitrogens with zero attached hydrogens (tertiary/aromatic N) is 3. The SMILES string of the molecule is O=C(O)COc1ccc(CN2CCC(NC(=O)c3ccc4c(c3)nc(-c3ccoc3)n4C3CCCCC3)C2)cc1. The molecule has 1 saturated heterocycles. The van der Waals surface area contributed by atoms with E-state index in [2.05, 4.69) is 14.8 Å². The third-order valence-electron chi connectivity index (χ3n) is 7.97. The van der Waals surface area contributed by atoms with Crippen molar-refractivity contribution in [2.45, 2.75) is 57.2 Å². The summed E-state index contributed by atoms with van der Waals surface area (Å²) in [4.78, 5) is 31.2. The molecular weight excluding hydrogens is 508 g/mol. The molecule has 1 aliphatic carbocycles. The van der Waals surface area contributed by atoms with E-state index in [1.165, 1.54) is 19.3 Å². The third-order valence-corrected chi connectivity index (χ3v) is 7.97. The highest BCUT2D eigenvalue weighted by Crippen LogP contribution is 2.36. The Morgan fingerprint density at radius 3 is 2.62 bits per heavy atom. The van der Waals surface area contributed by atoms with Gasteiger partial charge in [-0.3, -0.25) is 9.69 Å². The van der Waals surface area contributed by atoms with Crippen LogP contribution in [0.2, 0.25) is 0 Å². The van der Waals surface area contributed by atoms with Crippen molar-refractivity contribution in [2.24, 2.45) is 0 Å². The van der Waals surface area contributed by atoms with Crippen molar-refractivity contribution in [3.63, 3.8) is 0 Å². The van der Waals surface area contributed by atoms with Gasteiger partial charge in [0.2, 0.25) is 0 Å². The van der Waals surface area contributed by atoms with E-state index in [1.54, 1.807) is 24.7 Å². The van der Waals surface area contributed by atoms with Crippen molar-refractivity contribution in [3.05, 3.63) is 72.2 Å². The van der Waals surface area contributed by atoms with Crippen LogP contribution in [-0.4, -0.2) is 57.2 Å². The predicted octanol–water partition coefficient (Wildman–Crippen LogP) is 5.27. The third kappa shape index (κ3) is 5.74. The molecule has 2 aromatic heterocycles. The van der Waals surface area contributed by atoms with E-state index in [0.717, 1.165) is 66.9 Å². The summed E-state index contributed by atoms with van der Waals surface area (Å²) < 4.78 is 12.9. The van der Waals surface area contributed by atoms with Crippen LogP contribution in [0.1, 0.15) is 60.5 Å². The largest absolute Gasteiger partial charge is 0.482 e. The topological polar surface area (TPSA) is 110 Å². The Labute approximate surface area is 232 Å². The lowest BCUT2D eigenvalue weighted by atomic mass is 9.95. The zero-order valence-corrected chi connectivity index (χ0v) is 22.4. The summed E-state index contributed by atoms with van der Waals surface area (Å²) in [6.45, 7) is 2.06. The van der Waals surface area contributed by atoms with Crippen molar-refractivity contribution in [1.29, 1.82) is 0 Å². The minimum atomic E-state index is -0.998. The number of ether oxygens (including phenoxy) is 1. The summed E-state index contributed by atoms with van der Waals surface area (Å²) in [6.07, 6.45) is 10.3. The number of likely N-dealkylation sites (tertiary alicyclic amines) is 1. The first-order valence-corrected chi connectivity index (χ1v) is 14.0. The lowest BCUT2D eigenvalue weighted by molar-refractivity contribution is -0.139. The van der Waals surface area contributed by atoms with Crippen molar-refractivity contribution in [3.8, 4) is 17.1 Å². The number of fused-ring (bicyclic) bond motifs is 1. The Bertz CT molecular complexity index is 1470. The first-order chi connectivity index (χ1) is 19.5. The summed E-state index contributed by atoms with van der Waals surface area (Å²) in [7, 11) is 0. The molecule has 1 amide bonds. The van der Waals surface area contributed by atoms with Crippen LogP contribution in [0.25, 0.3) is 22.4 Å². The maximum Gasteiger partial charge on any atom is 0.341 e. The number of rotatable bonds is 9. The fourth-order valence-electron chi connectivity index (χ4n) is 6.00. The van der Waals surface area contributed by atoms with Crippen LogP contribution >= 0.6 is 0 Å². The van der Waals surface area contributed by atoms with Crippen LogP contribution in [0.3, 0.4) is 0 Å². The first-order valence-electron chi connectivity index (χ1n) is 14.0. The molecule has 2 aromatic carbocycles. The van der Waals surface area contributed by atoms with Gasteiger partial charge in [-0.05, 0) is 61.2 Å². The van der Waals surface area contributed by atoms with Crippen LogP contribution in [-0.2, 0) is 11.3 Å². The molecule has 6 rings (SSSR count). The fraction of sp³-hybridized carbons (Fsp3) is 0.387. The number of nitrogens with one attached hydrogen (secondary N) is 1. The number of amides is 1. The maximum absolute atomic E-state index is 13.2. The molecule has 1 unspecified atom stereocenters. The van der Waals surface area contributed by atoms with Gasteiger partial charge in [0.1, 0.15) is 17.8 Å². The number of imidazole rings is 1. The summed E-state index contributed by atoms with van der Waals surface area (Å²) in [5.41, 5.74) is 4.59. The predicted molar refractivity (Wildman–Crippen MR) is 150 cm³/mol. The van der Waals surface area contributed by atoms with E-state index in [-0.39, 0.29) is 18.6 Å². The molecule has 9 nitrogen and oxygen atoms in total. The van der Waals surface area contributed by atoms with Crippen molar-refractivity contribution >= 4 is 22.9 Å². The van der Waals surface area contributed by atoms with Crippen molar-refractivity contribution in [1.82, 2.24) is 19.8 Å². The average Bonchev–Trinajstić information content (AvgIpc) is 3.73. The number of carbonyl (C=O) groups excluding carboxylic acids is 1. The standard InChI is InChI=1S/C31H34N4O5/c36-29(37)20-40-26-9-6-21(7-10-26)17-34-14-12-24(18-34)32-31(38)22-8-11-28-27(16-22)33-30(23-13-15-39-19-23)35(28)25-4-2-1-3-5-25/h6-11,13,15-16,19,24-25H,1-5,12,14,17-18,20H2,(H,32,38)(H,36,37). The fourth-order valence-corrected chi connectivity index (χ4v) is 6.00. The summed E-state index contributed by atoms with van der Waals surface area (Å²) in [5, 5.41) is 12.0. The molecule has 1 saturated carbocycles. The number of carbonyl (C=O) groups is 2. The second-order valence-corrected chi connectivity index (χ2v) is 10.8. The van der Waals surface area contributed by atoms with Crippen molar-refractivity contribution in [2.75, 3.05) is 19.7 Å². The van der Waals surface area contributed by atoms with Gasteiger partial charge in [-0.25, -0.2) is 9.78 Å². The summed E-state index contributed by atoms with van der Waals surface area (Å²) >= 11 is 0. The van der Waals surface area contributed by atoms with E-state index in [1.807, 2.05) is 36.4 Å². The molecule has 3 heterocycles. The van der Waals surface area contributed by atoms with Gasteiger partial charge in [0.15, 0.2) is 6.61 Å². The van der Waals surface area contributed by atoms with Gasteiger partial charge in [-0.1, -0.05) is 31.4 Å². The van der Waals surface area contributed by atoms with Crippen LogP contribution in [0, 0.1) is 0 Å². The highest BCUT2D eigenvalue weighted by Gasteiger charge is 2.26. The Hall–Kier alpha value is -4.11. The van der Waals surface area contributed by atoms with Crippen molar-refractivity contribution < 1.29 is 23.8 Å². The Balaban J connectivity index is 1.11. The quantitative estimate of drug-likeness (QED) is 0.297. The van der Waals surface area contributed by atoms with E-state index in [9.17, 15) is 9.59 Å². The molecule has 9 heteroatoms. The van der Waals surface area contributed by atoms with E-state index in [4.69, 9.17) is 19.2 Å². The summed E-state index contributed by atoms with van der Waals surface area (Å²) in [6, 6.07) is 15.8. The maximum atomic E-state index is 13.2. The van der Waals surface area contributed by atoms with Gasteiger partial charge < -0.3 is 24.1 Å². The van der Waals surface area contributed by atoms with Gasteiger partial charge in [0.25, 0.3) is 5.91 Å². The lowest BCUT2D eigenvalue weighted by Crippen LogP contribution is -2.37. The van der Waals surface area contributed by atoms with E-state index in [0.29, 0.717) is 17.4 Å². The molecule has 0 spiro atoms. The van der Waals surface area contributed by atoms with Gasteiger partial charge in [0.05, 0.1) is 22.9 Å². The molecule has 2 N–H and O–H groups in total. The zero-order valence-electron chi connectivity index (χ0n) is 22.4. The van der Waals surface area contributed by atoms with Gasteiger partial charge in [0, 0.05) is 37.3 Å². The lowest BCUT2D eigenvalue weighted by Gasteiger charge is -2.25. The minimum absolute atomic E-state index is 0.0719. The number of benzene rings is 2. The molecule has 2 fully saturated rings. The molecule has 0 bridgehead atoms. The van der Waals surface area contributed by atoms with Crippen LogP contribution < -0.4 is 10.1 Å². The highest BCUT2D eigenvalue weighted by molar-refractivity contribution is 5.98. The Morgan fingerprint density at radius 1 is 1.05 bits per heavy atom. The van der Waals surface area contributed by atoms with E-state index >= 15 is 0 Å². The number of carboxylic acid groups (broad SMARTS) is 1. The Kier molecular flexibility index (Phi) is 7.55. The molecular formula is C31H34N4O5.